The second-order valence-electron chi connectivity index (χ2n) is 3.11. The highest BCUT2D eigenvalue weighted by atomic mass is 127. The number of nitrogens with zero attached hydrogens (tertiary/aromatic N) is 2. The third-order valence-electron chi connectivity index (χ3n) is 2.28. The molecule has 5 heteroatoms. The number of halogens is 1. The Morgan fingerprint density at radius 2 is 2.40 bits per heavy atom. The fourth-order valence-corrected chi connectivity index (χ4v) is 2.57. The first-order chi connectivity index (χ1) is 7.15. The van der Waals surface area contributed by atoms with Gasteiger partial charge >= 0.3 is 5.97 Å². The van der Waals surface area contributed by atoms with Crippen molar-refractivity contribution in [3.8, 4) is 0 Å². The molecule has 0 radical (unpaired) electrons. The molecule has 78 valence electrons. The summed E-state index contributed by atoms with van der Waals surface area (Å²) in [6.45, 7) is 2.73. The first kappa shape index (κ1) is 10.4. The fourth-order valence-electron chi connectivity index (χ4n) is 1.65. The lowest BCUT2D eigenvalue weighted by atomic mass is 10.2. The van der Waals surface area contributed by atoms with E-state index in [4.69, 9.17) is 5.11 Å². The first-order valence-corrected chi connectivity index (χ1v) is 5.60. The van der Waals surface area contributed by atoms with E-state index in [1.54, 1.807) is 0 Å². The van der Waals surface area contributed by atoms with Crippen LogP contribution in [0.3, 0.4) is 0 Å². The minimum Gasteiger partial charge on any atom is -0.476 e. The van der Waals surface area contributed by atoms with Gasteiger partial charge in [-0.1, -0.05) is 0 Å². The van der Waals surface area contributed by atoms with Gasteiger partial charge in [-0.05, 0) is 41.6 Å². The number of pyridine rings is 1. The molecule has 0 aliphatic rings. The van der Waals surface area contributed by atoms with Gasteiger partial charge in [-0.15, -0.1) is 0 Å². The van der Waals surface area contributed by atoms with Crippen LogP contribution in [0.2, 0.25) is 0 Å². The smallest absolute Gasteiger partial charge is 0.356 e. The van der Waals surface area contributed by atoms with Crippen molar-refractivity contribution in [3.05, 3.63) is 27.7 Å². The number of hydrogen-bond acceptors (Lipinski definition) is 2. The highest BCUT2D eigenvalue weighted by Crippen LogP contribution is 2.23. The van der Waals surface area contributed by atoms with E-state index >= 15 is 0 Å². The van der Waals surface area contributed by atoms with Crippen molar-refractivity contribution in [2.75, 3.05) is 0 Å². The fraction of sp³-hybridized carbons (Fsp3) is 0.200. The quantitative estimate of drug-likeness (QED) is 0.866. The monoisotopic (exact) mass is 316 g/mol. The lowest BCUT2D eigenvalue weighted by molar-refractivity contribution is 0.0692. The number of aromatic nitrogens is 2. The first-order valence-electron chi connectivity index (χ1n) is 4.52. The van der Waals surface area contributed by atoms with Crippen molar-refractivity contribution in [1.29, 1.82) is 0 Å². The topological polar surface area (TPSA) is 55.1 Å². The summed E-state index contributed by atoms with van der Waals surface area (Å²) in [4.78, 5) is 14.9. The maximum atomic E-state index is 11.0. The van der Waals surface area contributed by atoms with Crippen LogP contribution < -0.4 is 0 Å². The van der Waals surface area contributed by atoms with E-state index in [9.17, 15) is 4.79 Å². The maximum Gasteiger partial charge on any atom is 0.356 e. The summed E-state index contributed by atoms with van der Waals surface area (Å²) in [5.74, 6) is -0.982. The molecule has 0 saturated heterocycles. The van der Waals surface area contributed by atoms with E-state index in [1.807, 2.05) is 23.6 Å². The van der Waals surface area contributed by atoms with Crippen LogP contribution in [0.15, 0.2) is 18.3 Å². The third-order valence-corrected chi connectivity index (χ3v) is 3.17. The van der Waals surface area contributed by atoms with Crippen LogP contribution in [0, 0.1) is 3.70 Å². The van der Waals surface area contributed by atoms with Gasteiger partial charge < -0.3 is 9.67 Å². The Kier molecular flexibility index (Phi) is 2.64. The molecule has 0 fully saturated rings. The van der Waals surface area contributed by atoms with Crippen molar-refractivity contribution in [1.82, 2.24) is 9.55 Å². The number of carboxylic acid groups (broad SMARTS) is 1. The van der Waals surface area contributed by atoms with Crippen molar-refractivity contribution in [2.24, 2.45) is 0 Å². The van der Waals surface area contributed by atoms with Gasteiger partial charge in [0.2, 0.25) is 0 Å². The summed E-state index contributed by atoms with van der Waals surface area (Å²) in [6.07, 6.45) is 1.53. The molecule has 4 nitrogen and oxygen atoms in total. The molecule has 2 rings (SSSR count). The molecule has 0 aromatic carbocycles. The third kappa shape index (κ3) is 1.60. The van der Waals surface area contributed by atoms with Gasteiger partial charge in [0.15, 0.2) is 5.69 Å². The predicted octanol–water partition coefficient (Wildman–Crippen LogP) is 2.36. The Hall–Kier alpha value is -1.11. The van der Waals surface area contributed by atoms with Crippen LogP contribution in [0.25, 0.3) is 10.9 Å². The molecule has 0 spiro atoms. The normalized spacial score (nSPS) is 10.8. The minimum absolute atomic E-state index is 0.122. The molecule has 0 amide bonds. The zero-order chi connectivity index (χ0) is 11.0. The average Bonchev–Trinajstić information content (AvgIpc) is 2.52. The number of rotatable bonds is 2. The van der Waals surface area contributed by atoms with Gasteiger partial charge in [-0.25, -0.2) is 9.78 Å². The lowest BCUT2D eigenvalue weighted by Crippen LogP contribution is -2.05. The molecule has 0 saturated carbocycles. The van der Waals surface area contributed by atoms with Gasteiger partial charge in [-0.2, -0.15) is 0 Å². The molecule has 0 aliphatic heterocycles. The van der Waals surface area contributed by atoms with E-state index in [1.165, 1.54) is 6.20 Å². The highest BCUT2D eigenvalue weighted by Gasteiger charge is 2.15. The van der Waals surface area contributed by atoms with Crippen LogP contribution in [0.4, 0.5) is 0 Å². The molecule has 0 bridgehead atoms. The number of hydrogen-bond donors (Lipinski definition) is 1. The zero-order valence-electron chi connectivity index (χ0n) is 8.07. The molecule has 1 N–H and O–H groups in total. The predicted molar refractivity (Wildman–Crippen MR) is 65.1 cm³/mol. The summed E-state index contributed by atoms with van der Waals surface area (Å²) in [5.41, 5.74) is 0.828. The Bertz CT molecular complexity index is 533. The summed E-state index contributed by atoms with van der Waals surface area (Å²) in [5, 5.41) is 9.96. The number of fused-ring (bicyclic) bond motifs is 1. The molecule has 2 heterocycles. The lowest BCUT2D eigenvalue weighted by Gasteiger charge is -2.04. The largest absolute Gasteiger partial charge is 0.476 e. The van der Waals surface area contributed by atoms with E-state index in [0.717, 1.165) is 15.6 Å². The van der Waals surface area contributed by atoms with Crippen LogP contribution in [0.1, 0.15) is 17.4 Å². The summed E-state index contributed by atoms with van der Waals surface area (Å²) < 4.78 is 2.98. The van der Waals surface area contributed by atoms with Gasteiger partial charge in [-0.3, -0.25) is 0 Å². The molecular weight excluding hydrogens is 307 g/mol. The maximum absolute atomic E-state index is 11.0. The van der Waals surface area contributed by atoms with E-state index in [0.29, 0.717) is 5.52 Å². The number of carboxylic acids is 1. The van der Waals surface area contributed by atoms with Crippen molar-refractivity contribution < 1.29 is 9.90 Å². The summed E-state index contributed by atoms with van der Waals surface area (Å²) in [6, 6.07) is 3.80. The number of aromatic carboxylic acids is 1. The molecule has 0 unspecified atom stereocenters. The van der Waals surface area contributed by atoms with Gasteiger partial charge in [0.05, 0.1) is 9.22 Å². The van der Waals surface area contributed by atoms with E-state index in [2.05, 4.69) is 27.6 Å². The highest BCUT2D eigenvalue weighted by molar-refractivity contribution is 14.1. The Labute approximate surface area is 100 Å². The van der Waals surface area contributed by atoms with Gasteiger partial charge in [0.25, 0.3) is 0 Å². The molecule has 2 aromatic rings. The van der Waals surface area contributed by atoms with Crippen molar-refractivity contribution >= 4 is 39.5 Å². The summed E-state index contributed by atoms with van der Waals surface area (Å²) >= 11 is 2.20. The molecular formula is C10H9IN2O2. The molecule has 2 aromatic heterocycles. The molecule has 15 heavy (non-hydrogen) atoms. The second kappa shape index (κ2) is 3.80. The number of carbonyl (C=O) groups is 1. The van der Waals surface area contributed by atoms with Crippen LogP contribution in [0.5, 0.6) is 0 Å². The van der Waals surface area contributed by atoms with Crippen molar-refractivity contribution in [3.63, 3.8) is 0 Å². The second-order valence-corrected chi connectivity index (χ2v) is 4.22. The minimum atomic E-state index is -0.982. The number of aryl methyl sites for hydroxylation is 1. The van der Waals surface area contributed by atoms with Crippen LogP contribution in [-0.4, -0.2) is 20.6 Å². The Balaban J connectivity index is 2.87. The average molecular weight is 316 g/mol. The van der Waals surface area contributed by atoms with Gasteiger partial charge in [0, 0.05) is 18.1 Å². The zero-order valence-corrected chi connectivity index (χ0v) is 10.2. The van der Waals surface area contributed by atoms with Gasteiger partial charge in [0.1, 0.15) is 0 Å². The van der Waals surface area contributed by atoms with Crippen LogP contribution in [-0.2, 0) is 6.54 Å². The van der Waals surface area contributed by atoms with Crippen molar-refractivity contribution in [2.45, 2.75) is 13.5 Å². The molecule has 0 atom stereocenters. The van der Waals surface area contributed by atoms with E-state index in [-0.39, 0.29) is 5.69 Å². The van der Waals surface area contributed by atoms with Crippen LogP contribution >= 0.6 is 22.6 Å². The summed E-state index contributed by atoms with van der Waals surface area (Å²) in [7, 11) is 0. The van der Waals surface area contributed by atoms with E-state index < -0.39 is 5.97 Å². The Morgan fingerprint density at radius 3 is 3.00 bits per heavy atom. The molecule has 0 aliphatic carbocycles. The Morgan fingerprint density at radius 1 is 1.67 bits per heavy atom. The SMILES string of the molecule is CCn1c(I)cc2ccnc(C(=O)O)c21. The standard InChI is InChI=1S/C10H9IN2O2/c1-2-13-7(11)5-6-3-4-12-8(9(6)13)10(14)15/h3-5H,2H2,1H3,(H,14,15).